The molecule has 0 spiro atoms. The molecule has 1 aliphatic rings. The van der Waals surface area contributed by atoms with Crippen molar-refractivity contribution in [1.82, 2.24) is 4.98 Å². The lowest BCUT2D eigenvalue weighted by molar-refractivity contribution is -0.117. The molecule has 2 amide bonds. The lowest BCUT2D eigenvalue weighted by atomic mass is 10.3. The van der Waals surface area contributed by atoms with Crippen LogP contribution >= 0.6 is 11.3 Å². The number of thiazole rings is 1. The van der Waals surface area contributed by atoms with Gasteiger partial charge in [0.05, 0.1) is 17.0 Å². The second kappa shape index (κ2) is 6.90. The van der Waals surface area contributed by atoms with Gasteiger partial charge in [0.15, 0.2) is 5.13 Å². The van der Waals surface area contributed by atoms with Gasteiger partial charge in [-0.2, -0.15) is 0 Å². The lowest BCUT2D eigenvalue weighted by Gasteiger charge is -2.10. The molecule has 2 heterocycles. The zero-order chi connectivity index (χ0) is 18.0. The first-order chi connectivity index (χ1) is 11.8. The minimum atomic E-state index is -3.83. The second-order valence-electron chi connectivity index (χ2n) is 5.57. The van der Waals surface area contributed by atoms with Crippen LogP contribution in [0.5, 0.6) is 0 Å². The van der Waals surface area contributed by atoms with Crippen molar-refractivity contribution in [2.75, 3.05) is 16.8 Å². The average molecular weight is 380 g/mol. The summed E-state index contributed by atoms with van der Waals surface area (Å²) in [7, 11) is -3.83. The highest BCUT2D eigenvalue weighted by Crippen LogP contribution is 2.25. The Balaban J connectivity index is 1.65. The van der Waals surface area contributed by atoms with Crippen LogP contribution in [0.2, 0.25) is 0 Å². The zero-order valence-corrected chi connectivity index (χ0v) is 14.8. The van der Waals surface area contributed by atoms with Gasteiger partial charge in [0.25, 0.3) is 0 Å². The van der Waals surface area contributed by atoms with Crippen LogP contribution in [0, 0.1) is 0 Å². The molecule has 1 aliphatic heterocycles. The predicted octanol–water partition coefficient (Wildman–Crippen LogP) is 1.10. The molecule has 25 heavy (non-hydrogen) atoms. The van der Waals surface area contributed by atoms with Gasteiger partial charge in [0, 0.05) is 24.0 Å². The van der Waals surface area contributed by atoms with Crippen LogP contribution in [0.3, 0.4) is 0 Å². The van der Waals surface area contributed by atoms with Crippen LogP contribution in [-0.2, 0) is 26.0 Å². The van der Waals surface area contributed by atoms with E-state index in [9.17, 15) is 18.0 Å². The van der Waals surface area contributed by atoms with E-state index < -0.39 is 10.0 Å². The number of anilines is 2. The van der Waals surface area contributed by atoms with Crippen LogP contribution in [0.1, 0.15) is 18.5 Å². The molecule has 0 atom stereocenters. The van der Waals surface area contributed by atoms with Crippen molar-refractivity contribution in [3.63, 3.8) is 0 Å². The number of rotatable bonds is 5. The summed E-state index contributed by atoms with van der Waals surface area (Å²) in [4.78, 5) is 29.7. The Morgan fingerprint density at radius 2 is 2.20 bits per heavy atom. The molecule has 3 N–H and O–H groups in total. The first-order valence-electron chi connectivity index (χ1n) is 7.50. The smallest absolute Gasteiger partial charge is 0.238 e. The minimum Gasteiger partial charge on any atom is -0.326 e. The summed E-state index contributed by atoms with van der Waals surface area (Å²) in [6.07, 6.45) is 1.36. The van der Waals surface area contributed by atoms with Crippen LogP contribution in [0.4, 0.5) is 10.8 Å². The Hall–Kier alpha value is -2.30. The summed E-state index contributed by atoms with van der Waals surface area (Å²) >= 11 is 1.32. The van der Waals surface area contributed by atoms with Crippen molar-refractivity contribution >= 4 is 44.0 Å². The molecule has 1 aromatic heterocycles. The average Bonchev–Trinajstić information content (AvgIpc) is 3.15. The molecular formula is C15H16N4O4S2. The van der Waals surface area contributed by atoms with Crippen molar-refractivity contribution in [3.8, 4) is 0 Å². The molecule has 0 radical (unpaired) electrons. The molecule has 132 valence electrons. The zero-order valence-electron chi connectivity index (χ0n) is 13.1. The number of primary sulfonamides is 1. The SMILES string of the molecule is NS(=O)(=O)c1cccc(NC(=O)Cc2csc(N3CCCC3=O)n2)c1. The topological polar surface area (TPSA) is 122 Å². The molecule has 1 fully saturated rings. The molecule has 0 bridgehead atoms. The maximum atomic E-state index is 12.1. The second-order valence-corrected chi connectivity index (χ2v) is 7.97. The standard InChI is InChI=1S/C15H16N4O4S2/c16-25(22,23)12-4-1-3-10(7-12)17-13(20)8-11-9-24-15(18-11)19-6-2-5-14(19)21/h1,3-4,7,9H,2,5-6,8H2,(H,17,20)(H2,16,22,23). The third-order valence-corrected chi connectivity index (χ3v) is 5.46. The molecule has 2 aromatic rings. The molecule has 10 heteroatoms. The van der Waals surface area contributed by atoms with Gasteiger partial charge in [-0.3, -0.25) is 14.5 Å². The maximum absolute atomic E-state index is 12.1. The van der Waals surface area contributed by atoms with Crippen molar-refractivity contribution in [2.45, 2.75) is 24.2 Å². The van der Waals surface area contributed by atoms with E-state index in [1.54, 1.807) is 16.3 Å². The van der Waals surface area contributed by atoms with E-state index in [4.69, 9.17) is 5.14 Å². The predicted molar refractivity (Wildman–Crippen MR) is 93.8 cm³/mol. The number of carbonyl (C=O) groups excluding carboxylic acids is 2. The fourth-order valence-corrected chi connectivity index (χ4v) is 3.90. The fourth-order valence-electron chi connectivity index (χ4n) is 2.47. The first kappa shape index (κ1) is 17.5. The number of nitrogens with zero attached hydrogens (tertiary/aromatic N) is 2. The Morgan fingerprint density at radius 3 is 2.88 bits per heavy atom. The Morgan fingerprint density at radius 1 is 1.40 bits per heavy atom. The maximum Gasteiger partial charge on any atom is 0.238 e. The van der Waals surface area contributed by atoms with Crippen molar-refractivity contribution in [2.24, 2.45) is 5.14 Å². The lowest BCUT2D eigenvalue weighted by Crippen LogP contribution is -2.23. The number of aromatic nitrogens is 1. The van der Waals surface area contributed by atoms with E-state index in [0.29, 0.717) is 29.5 Å². The number of sulfonamides is 1. The van der Waals surface area contributed by atoms with E-state index in [0.717, 1.165) is 6.42 Å². The normalized spacial score (nSPS) is 14.8. The number of amides is 2. The van der Waals surface area contributed by atoms with Gasteiger partial charge >= 0.3 is 0 Å². The molecule has 1 saturated heterocycles. The summed E-state index contributed by atoms with van der Waals surface area (Å²) in [5, 5.41) is 10.0. The molecule has 0 saturated carbocycles. The van der Waals surface area contributed by atoms with Crippen LogP contribution in [-0.4, -0.2) is 31.8 Å². The fraction of sp³-hybridized carbons (Fsp3) is 0.267. The monoisotopic (exact) mass is 380 g/mol. The van der Waals surface area contributed by atoms with Gasteiger partial charge in [-0.25, -0.2) is 18.5 Å². The van der Waals surface area contributed by atoms with Crippen LogP contribution in [0.25, 0.3) is 0 Å². The summed E-state index contributed by atoms with van der Waals surface area (Å²) in [5.41, 5.74) is 0.890. The van der Waals surface area contributed by atoms with Crippen LogP contribution in [0.15, 0.2) is 34.5 Å². The molecule has 3 rings (SSSR count). The minimum absolute atomic E-state index is 0.0259. The number of carbonyl (C=O) groups is 2. The highest BCUT2D eigenvalue weighted by molar-refractivity contribution is 7.89. The van der Waals surface area contributed by atoms with Gasteiger partial charge in [0.2, 0.25) is 21.8 Å². The summed E-state index contributed by atoms with van der Waals surface area (Å²) in [5.74, 6) is -0.290. The first-order valence-corrected chi connectivity index (χ1v) is 9.93. The van der Waals surface area contributed by atoms with Crippen LogP contribution < -0.4 is 15.4 Å². The quantitative estimate of drug-likeness (QED) is 0.804. The van der Waals surface area contributed by atoms with E-state index in [1.165, 1.54) is 29.5 Å². The molecule has 0 unspecified atom stereocenters. The highest BCUT2D eigenvalue weighted by Gasteiger charge is 2.24. The number of nitrogens with two attached hydrogens (primary N) is 1. The summed E-state index contributed by atoms with van der Waals surface area (Å²) in [6, 6.07) is 5.71. The number of benzene rings is 1. The summed E-state index contributed by atoms with van der Waals surface area (Å²) in [6.45, 7) is 0.651. The largest absolute Gasteiger partial charge is 0.326 e. The Bertz CT molecular complexity index is 923. The number of nitrogens with one attached hydrogen (secondary N) is 1. The third-order valence-electron chi connectivity index (χ3n) is 3.63. The van der Waals surface area contributed by atoms with Crippen molar-refractivity contribution in [3.05, 3.63) is 35.3 Å². The molecule has 0 aliphatic carbocycles. The van der Waals surface area contributed by atoms with E-state index in [-0.39, 0.29) is 23.1 Å². The van der Waals surface area contributed by atoms with Gasteiger partial charge in [-0.15, -0.1) is 11.3 Å². The van der Waals surface area contributed by atoms with E-state index in [2.05, 4.69) is 10.3 Å². The Kier molecular flexibility index (Phi) is 4.84. The van der Waals surface area contributed by atoms with Crippen molar-refractivity contribution < 1.29 is 18.0 Å². The molecule has 1 aromatic carbocycles. The third kappa shape index (κ3) is 4.21. The number of hydrogen-bond donors (Lipinski definition) is 2. The summed E-state index contributed by atoms with van der Waals surface area (Å²) < 4.78 is 22.7. The molecule has 8 nitrogen and oxygen atoms in total. The van der Waals surface area contributed by atoms with Gasteiger partial charge in [-0.1, -0.05) is 6.07 Å². The van der Waals surface area contributed by atoms with E-state index >= 15 is 0 Å². The highest BCUT2D eigenvalue weighted by atomic mass is 32.2. The van der Waals surface area contributed by atoms with Gasteiger partial charge in [-0.05, 0) is 24.6 Å². The number of hydrogen-bond acceptors (Lipinski definition) is 6. The Labute approximate surface area is 148 Å². The van der Waals surface area contributed by atoms with E-state index in [1.807, 2.05) is 0 Å². The van der Waals surface area contributed by atoms with Gasteiger partial charge < -0.3 is 5.32 Å². The van der Waals surface area contributed by atoms with Gasteiger partial charge in [0.1, 0.15) is 0 Å². The van der Waals surface area contributed by atoms with Crippen molar-refractivity contribution in [1.29, 1.82) is 0 Å². The molecular weight excluding hydrogens is 364 g/mol.